The van der Waals surface area contributed by atoms with E-state index in [-0.39, 0.29) is 12.5 Å². The predicted octanol–water partition coefficient (Wildman–Crippen LogP) is 15.7. The summed E-state index contributed by atoms with van der Waals surface area (Å²) in [7, 11) is 0. The Labute approximate surface area is 538 Å². The standard InChI is InChI=1S/C74H139NO13/c1-3-5-7-9-11-13-15-17-19-21-23-25-27-29-31-33-35-37-39-41-43-45-47-49-51-53-55-57-63(78)62(61-85-73-71(84)69(82)72(65(60-77)87-73)88-74-70(83)68(81)67(80)64(59-76)86-74)75-66(79)58-56-54-52-50-48-46-44-42-40-38-36-34-32-30-28-26-24-22-20-18-16-14-12-10-8-6-4-2/h16,18,22,24,28,30,62-65,67-74,76-78,80-84H,3-15,17,19-21,23,25-27,29,31-61H2,1-2H3,(H,75,79)/b18-16-,24-22-,30-28-. The van der Waals surface area contributed by atoms with Gasteiger partial charge in [0.05, 0.1) is 32.0 Å². The van der Waals surface area contributed by atoms with Crippen molar-refractivity contribution < 1.29 is 64.6 Å². The van der Waals surface area contributed by atoms with Crippen LogP contribution in [0.4, 0.5) is 0 Å². The second-order valence-corrected chi connectivity index (χ2v) is 26.4. The van der Waals surface area contributed by atoms with Gasteiger partial charge in [0.2, 0.25) is 5.91 Å². The SMILES string of the molecule is CCCCCCC/C=C\C/C=C\C/C=C\CCCCCCCCCCCCCCC(=O)NC(COC1OC(CO)C(OC2OC(CO)C(O)C(O)C2O)C(O)C1O)C(O)CCCCCCCCCCCCCCCCCCCCCCCCCCCCC. The van der Waals surface area contributed by atoms with Gasteiger partial charge in [-0.3, -0.25) is 4.79 Å². The number of carbonyl (C=O) groups excluding carboxylic acids is 1. The van der Waals surface area contributed by atoms with Crippen molar-refractivity contribution in [1.82, 2.24) is 5.32 Å². The fourth-order valence-electron chi connectivity index (χ4n) is 12.4. The molecule has 2 fully saturated rings. The van der Waals surface area contributed by atoms with Crippen LogP contribution in [-0.2, 0) is 23.7 Å². The highest BCUT2D eigenvalue weighted by Crippen LogP contribution is 2.30. The summed E-state index contributed by atoms with van der Waals surface area (Å²) >= 11 is 0. The number of amides is 1. The molecule has 0 aliphatic carbocycles. The lowest BCUT2D eigenvalue weighted by molar-refractivity contribution is -0.359. The molecule has 2 heterocycles. The third kappa shape index (κ3) is 42.4. The Morgan fingerprint density at radius 2 is 0.750 bits per heavy atom. The van der Waals surface area contributed by atoms with E-state index in [0.717, 1.165) is 64.2 Å². The molecule has 88 heavy (non-hydrogen) atoms. The molecule has 14 nitrogen and oxygen atoms in total. The highest BCUT2D eigenvalue weighted by Gasteiger charge is 2.51. The highest BCUT2D eigenvalue weighted by atomic mass is 16.7. The summed E-state index contributed by atoms with van der Waals surface area (Å²) in [6.45, 7) is 2.90. The molecule has 2 rings (SSSR count). The summed E-state index contributed by atoms with van der Waals surface area (Å²) in [5, 5.41) is 87.7. The van der Waals surface area contributed by atoms with Gasteiger partial charge in [-0.25, -0.2) is 0 Å². The summed E-state index contributed by atoms with van der Waals surface area (Å²) in [6.07, 6.45) is 58.7. The van der Waals surface area contributed by atoms with Gasteiger partial charge in [0, 0.05) is 6.42 Å². The second kappa shape index (κ2) is 59.0. The zero-order valence-corrected chi connectivity index (χ0v) is 56.5. The largest absolute Gasteiger partial charge is 0.394 e. The summed E-state index contributed by atoms with van der Waals surface area (Å²) in [5.41, 5.74) is 0. The molecule has 0 spiro atoms. The molecule has 518 valence electrons. The first-order chi connectivity index (χ1) is 43.1. The third-order valence-electron chi connectivity index (χ3n) is 18.4. The molecule has 14 heteroatoms. The van der Waals surface area contributed by atoms with Crippen molar-refractivity contribution in [3.8, 4) is 0 Å². The molecule has 12 atom stereocenters. The molecule has 2 aliphatic heterocycles. The fourth-order valence-corrected chi connectivity index (χ4v) is 12.4. The lowest BCUT2D eigenvalue weighted by atomic mass is 9.97. The van der Waals surface area contributed by atoms with E-state index in [1.54, 1.807) is 0 Å². The number of hydrogen-bond donors (Lipinski definition) is 9. The van der Waals surface area contributed by atoms with Crippen LogP contribution in [0.1, 0.15) is 335 Å². The molecule has 1 amide bonds. The van der Waals surface area contributed by atoms with Gasteiger partial charge < -0.3 is 65.1 Å². The van der Waals surface area contributed by atoms with Gasteiger partial charge in [0.15, 0.2) is 12.6 Å². The van der Waals surface area contributed by atoms with Crippen molar-refractivity contribution in [3.63, 3.8) is 0 Å². The monoisotopic (exact) mass is 1250 g/mol. The minimum atomic E-state index is -1.78. The second-order valence-electron chi connectivity index (χ2n) is 26.4. The first-order valence-electron chi connectivity index (χ1n) is 37.2. The molecule has 12 unspecified atom stereocenters. The van der Waals surface area contributed by atoms with Gasteiger partial charge in [-0.2, -0.15) is 0 Å². The Morgan fingerprint density at radius 1 is 0.409 bits per heavy atom. The number of carbonyl (C=O) groups is 1. The van der Waals surface area contributed by atoms with Crippen LogP contribution in [0, 0.1) is 0 Å². The Balaban J connectivity index is 1.65. The van der Waals surface area contributed by atoms with Gasteiger partial charge in [-0.1, -0.05) is 314 Å². The average Bonchev–Trinajstić information content (AvgIpc) is 1.93. The Kier molecular flexibility index (Phi) is 55.2. The Morgan fingerprint density at radius 3 is 1.15 bits per heavy atom. The average molecular weight is 1250 g/mol. The van der Waals surface area contributed by atoms with Crippen molar-refractivity contribution in [2.45, 2.75) is 408 Å². The van der Waals surface area contributed by atoms with E-state index in [2.05, 4.69) is 55.6 Å². The maximum atomic E-state index is 13.4. The number of aliphatic hydroxyl groups excluding tert-OH is 8. The molecular formula is C74H139NO13. The molecule has 0 aromatic carbocycles. The summed E-state index contributed by atoms with van der Waals surface area (Å²) < 4.78 is 23.0. The van der Waals surface area contributed by atoms with Crippen LogP contribution in [0.2, 0.25) is 0 Å². The van der Waals surface area contributed by atoms with Crippen molar-refractivity contribution in [2.24, 2.45) is 0 Å². The van der Waals surface area contributed by atoms with Gasteiger partial charge >= 0.3 is 0 Å². The molecule has 0 radical (unpaired) electrons. The summed E-state index contributed by atoms with van der Waals surface area (Å²) in [6, 6.07) is -0.832. The van der Waals surface area contributed by atoms with E-state index < -0.39 is 86.8 Å². The van der Waals surface area contributed by atoms with E-state index in [4.69, 9.17) is 18.9 Å². The molecule has 2 saturated heterocycles. The van der Waals surface area contributed by atoms with Gasteiger partial charge in [-0.15, -0.1) is 0 Å². The van der Waals surface area contributed by atoms with Crippen molar-refractivity contribution >= 4 is 5.91 Å². The summed E-state index contributed by atoms with van der Waals surface area (Å²) in [5.74, 6) is -0.204. The van der Waals surface area contributed by atoms with Crippen molar-refractivity contribution in [3.05, 3.63) is 36.5 Å². The zero-order chi connectivity index (χ0) is 63.8. The van der Waals surface area contributed by atoms with Crippen LogP contribution in [0.25, 0.3) is 0 Å². The minimum Gasteiger partial charge on any atom is -0.394 e. The Bertz CT molecular complexity index is 1620. The molecular weight excluding hydrogens is 1110 g/mol. The fraction of sp³-hybridized carbons (Fsp3) is 0.905. The maximum absolute atomic E-state index is 13.4. The van der Waals surface area contributed by atoms with Gasteiger partial charge in [0.25, 0.3) is 0 Å². The lowest BCUT2D eigenvalue weighted by Crippen LogP contribution is -2.65. The molecule has 0 bridgehead atoms. The molecule has 9 N–H and O–H groups in total. The topological polar surface area (TPSA) is 228 Å². The van der Waals surface area contributed by atoms with Crippen LogP contribution in [0.5, 0.6) is 0 Å². The number of ether oxygens (including phenoxy) is 4. The first-order valence-corrected chi connectivity index (χ1v) is 37.2. The molecule has 0 aromatic rings. The van der Waals surface area contributed by atoms with E-state index in [1.165, 1.54) is 244 Å². The van der Waals surface area contributed by atoms with E-state index in [0.29, 0.717) is 12.8 Å². The number of allylic oxidation sites excluding steroid dienone is 6. The molecule has 0 saturated carbocycles. The number of unbranched alkanes of at least 4 members (excludes halogenated alkanes) is 43. The minimum absolute atomic E-state index is 0.204. The summed E-state index contributed by atoms with van der Waals surface area (Å²) in [4.78, 5) is 13.4. The molecule has 0 aromatic heterocycles. The van der Waals surface area contributed by atoms with Crippen LogP contribution in [0.3, 0.4) is 0 Å². The van der Waals surface area contributed by atoms with E-state index in [9.17, 15) is 45.6 Å². The number of rotatable bonds is 62. The first kappa shape index (κ1) is 82.3. The van der Waals surface area contributed by atoms with E-state index >= 15 is 0 Å². The Hall–Kier alpha value is -1.79. The maximum Gasteiger partial charge on any atom is 0.220 e. The smallest absolute Gasteiger partial charge is 0.220 e. The lowest BCUT2D eigenvalue weighted by Gasteiger charge is -2.46. The quantitative estimate of drug-likeness (QED) is 0.0204. The van der Waals surface area contributed by atoms with Crippen molar-refractivity contribution in [1.29, 1.82) is 0 Å². The van der Waals surface area contributed by atoms with Crippen LogP contribution in [0.15, 0.2) is 36.5 Å². The van der Waals surface area contributed by atoms with Crippen LogP contribution in [-0.4, -0.2) is 140 Å². The zero-order valence-electron chi connectivity index (χ0n) is 56.5. The number of aliphatic hydroxyl groups is 8. The van der Waals surface area contributed by atoms with Crippen LogP contribution >= 0.6 is 0 Å². The normalized spacial score (nSPS) is 23.3. The van der Waals surface area contributed by atoms with Crippen molar-refractivity contribution in [2.75, 3.05) is 19.8 Å². The van der Waals surface area contributed by atoms with Crippen LogP contribution < -0.4 is 5.32 Å². The van der Waals surface area contributed by atoms with Gasteiger partial charge in [-0.05, 0) is 51.4 Å². The third-order valence-corrected chi connectivity index (χ3v) is 18.4. The number of nitrogens with one attached hydrogen (secondary N) is 1. The molecule has 2 aliphatic rings. The number of hydrogen-bond acceptors (Lipinski definition) is 13. The van der Waals surface area contributed by atoms with E-state index in [1.807, 2.05) is 0 Å². The highest BCUT2D eigenvalue weighted by molar-refractivity contribution is 5.76. The van der Waals surface area contributed by atoms with Gasteiger partial charge in [0.1, 0.15) is 48.8 Å². The predicted molar refractivity (Wildman–Crippen MR) is 360 cm³/mol.